The first-order valence-corrected chi connectivity index (χ1v) is 8.68. The molecule has 0 fully saturated rings. The Balaban J connectivity index is 1.70. The Bertz CT molecular complexity index is 1030. The van der Waals surface area contributed by atoms with Gasteiger partial charge in [-0.3, -0.25) is 9.59 Å². The van der Waals surface area contributed by atoms with Crippen molar-refractivity contribution in [1.29, 1.82) is 0 Å². The molecule has 3 aromatic rings. The van der Waals surface area contributed by atoms with Crippen LogP contribution in [0.3, 0.4) is 0 Å². The van der Waals surface area contributed by atoms with Gasteiger partial charge in [0.25, 0.3) is 10.9 Å². The first-order chi connectivity index (χ1) is 13.0. The number of hydrogen-bond acceptors (Lipinski definition) is 6. The fourth-order valence-corrected chi connectivity index (χ4v) is 2.94. The number of ether oxygens (including phenoxy) is 2. The summed E-state index contributed by atoms with van der Waals surface area (Å²) in [6.07, 6.45) is 0. The molecule has 0 aliphatic carbocycles. The second-order valence-corrected chi connectivity index (χ2v) is 6.30. The molecule has 0 saturated carbocycles. The summed E-state index contributed by atoms with van der Waals surface area (Å²) in [6, 6.07) is 12.8. The number of nitrogens with one attached hydrogen (secondary N) is 2. The first-order valence-electron chi connectivity index (χ1n) is 8.30. The van der Waals surface area contributed by atoms with Crippen molar-refractivity contribution in [3.63, 3.8) is 0 Å². The summed E-state index contributed by atoms with van der Waals surface area (Å²) in [6.45, 7) is 0.724. The van der Waals surface area contributed by atoms with E-state index < -0.39 is 10.9 Å². The van der Waals surface area contributed by atoms with Crippen molar-refractivity contribution in [2.75, 3.05) is 24.9 Å². The summed E-state index contributed by atoms with van der Waals surface area (Å²) in [5.74, 6) is 1.22. The molecule has 0 aliphatic rings. The molecule has 0 unspecified atom stereocenters. The average Bonchev–Trinajstić information content (AvgIpc) is 2.70. The van der Waals surface area contributed by atoms with Gasteiger partial charge in [-0.1, -0.05) is 35.9 Å². The Morgan fingerprint density at radius 1 is 0.852 bits per heavy atom. The van der Waals surface area contributed by atoms with E-state index in [-0.39, 0.29) is 11.4 Å². The molecule has 0 aromatic heterocycles. The summed E-state index contributed by atoms with van der Waals surface area (Å²) in [5.41, 5.74) is 1.23. The largest absolute Gasteiger partial charge is 0.493 e. The molecule has 0 heterocycles. The van der Waals surface area contributed by atoms with Crippen molar-refractivity contribution in [2.45, 2.75) is 13.1 Å². The highest BCUT2D eigenvalue weighted by atomic mass is 35.5. The van der Waals surface area contributed by atoms with E-state index in [0.29, 0.717) is 29.6 Å². The third-order valence-corrected chi connectivity index (χ3v) is 4.61. The molecule has 0 spiro atoms. The first kappa shape index (κ1) is 18.8. The maximum Gasteiger partial charge on any atom is 0.253 e. The fourth-order valence-electron chi connectivity index (χ4n) is 2.74. The predicted octanol–water partition coefficient (Wildman–Crippen LogP) is 3.18. The van der Waals surface area contributed by atoms with Crippen LogP contribution in [0.25, 0.3) is 0 Å². The van der Waals surface area contributed by atoms with Crippen LogP contribution in [-0.4, -0.2) is 14.2 Å². The van der Waals surface area contributed by atoms with Crippen molar-refractivity contribution < 1.29 is 9.47 Å². The highest BCUT2D eigenvalue weighted by molar-refractivity contribution is 6.31. The zero-order valence-corrected chi connectivity index (χ0v) is 15.7. The molecule has 27 heavy (non-hydrogen) atoms. The standard InChI is InChI=1S/C20H19ClN2O4/c1-26-15-8-7-12(9-16(15)27-2)10-22-17-18(20(25)19(17)24)23-11-13-5-3-4-6-14(13)21/h3-9,22-23H,10-11H2,1-2H3. The molecule has 3 aromatic carbocycles. The van der Waals surface area contributed by atoms with Crippen LogP contribution in [0.5, 0.6) is 11.5 Å². The fraction of sp³-hybridized carbons (Fsp3) is 0.200. The zero-order valence-electron chi connectivity index (χ0n) is 15.0. The van der Waals surface area contributed by atoms with Crippen molar-refractivity contribution in [2.24, 2.45) is 0 Å². The quantitative estimate of drug-likeness (QED) is 0.579. The molecule has 0 aliphatic heterocycles. The predicted molar refractivity (Wildman–Crippen MR) is 107 cm³/mol. The van der Waals surface area contributed by atoms with Gasteiger partial charge in [0.15, 0.2) is 11.5 Å². The van der Waals surface area contributed by atoms with Crippen molar-refractivity contribution in [3.05, 3.63) is 79.1 Å². The lowest BCUT2D eigenvalue weighted by atomic mass is 10.1. The van der Waals surface area contributed by atoms with E-state index in [1.807, 2.05) is 30.3 Å². The highest BCUT2D eigenvalue weighted by Crippen LogP contribution is 2.28. The zero-order chi connectivity index (χ0) is 19.4. The lowest BCUT2D eigenvalue weighted by Crippen LogP contribution is -2.37. The topological polar surface area (TPSA) is 76.7 Å². The Morgan fingerprint density at radius 2 is 1.48 bits per heavy atom. The van der Waals surface area contributed by atoms with Gasteiger partial charge in [0.1, 0.15) is 11.4 Å². The third kappa shape index (κ3) is 3.90. The van der Waals surface area contributed by atoms with Gasteiger partial charge in [-0.15, -0.1) is 0 Å². The Hall–Kier alpha value is -2.99. The Morgan fingerprint density at radius 3 is 2.11 bits per heavy atom. The number of benzene rings is 2. The molecule has 3 rings (SSSR count). The van der Waals surface area contributed by atoms with Gasteiger partial charge < -0.3 is 20.1 Å². The lowest BCUT2D eigenvalue weighted by molar-refractivity contribution is 0.354. The molecule has 0 saturated heterocycles. The second-order valence-electron chi connectivity index (χ2n) is 5.90. The molecule has 140 valence electrons. The molecule has 2 N–H and O–H groups in total. The van der Waals surface area contributed by atoms with Gasteiger partial charge in [0, 0.05) is 18.1 Å². The summed E-state index contributed by atoms with van der Waals surface area (Å²) in [5, 5.41) is 6.62. The minimum atomic E-state index is -0.531. The average molecular weight is 387 g/mol. The van der Waals surface area contributed by atoms with Crippen molar-refractivity contribution >= 4 is 23.0 Å². The molecule has 6 nitrogen and oxygen atoms in total. The van der Waals surface area contributed by atoms with Crippen molar-refractivity contribution in [1.82, 2.24) is 0 Å². The van der Waals surface area contributed by atoms with E-state index >= 15 is 0 Å². The van der Waals surface area contributed by atoms with Crippen LogP contribution in [-0.2, 0) is 13.1 Å². The van der Waals surface area contributed by atoms with Crippen LogP contribution >= 0.6 is 11.6 Å². The van der Waals surface area contributed by atoms with Gasteiger partial charge in [0.05, 0.1) is 14.2 Å². The molecular formula is C20H19ClN2O4. The number of halogens is 1. The maximum absolute atomic E-state index is 11.9. The van der Waals surface area contributed by atoms with Gasteiger partial charge in [-0.25, -0.2) is 0 Å². The number of hydrogen-bond donors (Lipinski definition) is 2. The van der Waals surface area contributed by atoms with Crippen molar-refractivity contribution in [3.8, 4) is 11.5 Å². The summed E-state index contributed by atoms with van der Waals surface area (Å²) >= 11 is 6.12. The smallest absolute Gasteiger partial charge is 0.253 e. The normalized spacial score (nSPS) is 10.6. The third-order valence-electron chi connectivity index (χ3n) is 4.24. The number of rotatable bonds is 8. The summed E-state index contributed by atoms with van der Waals surface area (Å²) in [7, 11) is 3.12. The van der Waals surface area contributed by atoms with Crippen LogP contribution in [0, 0.1) is 0 Å². The SMILES string of the molecule is COc1ccc(CNc2c(NCc3ccccc3Cl)c(=O)c2=O)cc1OC. The number of anilines is 2. The van der Waals surface area contributed by atoms with E-state index in [0.717, 1.165) is 11.1 Å². The monoisotopic (exact) mass is 386 g/mol. The molecule has 0 atom stereocenters. The van der Waals surface area contributed by atoms with E-state index in [4.69, 9.17) is 21.1 Å². The van der Waals surface area contributed by atoms with Gasteiger partial charge >= 0.3 is 0 Å². The summed E-state index contributed by atoms with van der Waals surface area (Å²) < 4.78 is 10.5. The van der Waals surface area contributed by atoms with Crippen LogP contribution in [0.1, 0.15) is 11.1 Å². The molecular weight excluding hydrogens is 368 g/mol. The van der Waals surface area contributed by atoms with E-state index in [1.54, 1.807) is 26.4 Å². The van der Waals surface area contributed by atoms with E-state index in [2.05, 4.69) is 10.6 Å². The molecule has 0 radical (unpaired) electrons. The van der Waals surface area contributed by atoms with Crippen LogP contribution in [0.4, 0.5) is 11.4 Å². The minimum absolute atomic E-state index is 0.278. The van der Waals surface area contributed by atoms with Crippen LogP contribution < -0.4 is 31.0 Å². The van der Waals surface area contributed by atoms with Gasteiger partial charge in [0.2, 0.25) is 0 Å². The Labute approximate surface area is 161 Å². The van der Waals surface area contributed by atoms with E-state index in [1.165, 1.54) is 0 Å². The van der Waals surface area contributed by atoms with Crippen LogP contribution in [0.15, 0.2) is 52.1 Å². The highest BCUT2D eigenvalue weighted by Gasteiger charge is 2.20. The minimum Gasteiger partial charge on any atom is -0.493 e. The molecule has 0 bridgehead atoms. The molecule has 0 amide bonds. The number of methoxy groups -OCH3 is 2. The van der Waals surface area contributed by atoms with E-state index in [9.17, 15) is 9.59 Å². The second kappa shape index (κ2) is 8.14. The van der Waals surface area contributed by atoms with Crippen LogP contribution in [0.2, 0.25) is 5.02 Å². The maximum atomic E-state index is 11.9. The molecule has 7 heteroatoms. The lowest BCUT2D eigenvalue weighted by Gasteiger charge is -2.16. The van der Waals surface area contributed by atoms with Gasteiger partial charge in [-0.2, -0.15) is 0 Å². The summed E-state index contributed by atoms with van der Waals surface area (Å²) in [4.78, 5) is 23.8. The van der Waals surface area contributed by atoms with Gasteiger partial charge in [-0.05, 0) is 29.3 Å². The Kier molecular flexibility index (Phi) is 5.66.